The summed E-state index contributed by atoms with van der Waals surface area (Å²) in [6, 6.07) is 3.26. The first-order chi connectivity index (χ1) is 10.5. The van der Waals surface area contributed by atoms with Crippen molar-refractivity contribution in [1.82, 2.24) is 14.2 Å². The number of likely N-dealkylation sites (N-methyl/N-ethyl adjacent to an activating group) is 1. The highest BCUT2D eigenvalue weighted by Crippen LogP contribution is 2.40. The first kappa shape index (κ1) is 15.9. The van der Waals surface area contributed by atoms with Gasteiger partial charge in [0.25, 0.3) is 0 Å². The third kappa shape index (κ3) is 2.67. The van der Waals surface area contributed by atoms with Crippen LogP contribution in [0.3, 0.4) is 0 Å². The van der Waals surface area contributed by atoms with Crippen LogP contribution in [0.15, 0.2) is 29.4 Å². The molecular formula is C15H23N3O3S. The van der Waals surface area contributed by atoms with Crippen LogP contribution in [0.1, 0.15) is 12.8 Å². The van der Waals surface area contributed by atoms with E-state index in [0.717, 1.165) is 26.0 Å². The van der Waals surface area contributed by atoms with Crippen LogP contribution in [0.4, 0.5) is 0 Å². The Morgan fingerprint density at radius 3 is 2.86 bits per heavy atom. The monoisotopic (exact) mass is 325 g/mol. The Bertz CT molecular complexity index is 614. The zero-order valence-electron chi connectivity index (χ0n) is 13.1. The quantitative estimate of drug-likeness (QED) is 0.820. The number of likely N-dealkylation sites (tertiary alicyclic amines) is 1. The second-order valence-electron chi connectivity index (χ2n) is 6.42. The molecule has 0 aliphatic carbocycles. The molecule has 0 unspecified atom stereocenters. The maximum absolute atomic E-state index is 12.6. The molecule has 22 heavy (non-hydrogen) atoms. The maximum Gasteiger partial charge on any atom is 0.244 e. The minimum Gasteiger partial charge on any atom is -0.384 e. The average Bonchev–Trinajstić information content (AvgIpc) is 2.48. The molecule has 0 radical (unpaired) electrons. The molecule has 6 nitrogen and oxygen atoms in total. The van der Waals surface area contributed by atoms with E-state index in [1.54, 1.807) is 29.7 Å². The van der Waals surface area contributed by atoms with Crippen molar-refractivity contribution in [3.63, 3.8) is 0 Å². The van der Waals surface area contributed by atoms with E-state index in [0.29, 0.717) is 19.0 Å². The van der Waals surface area contributed by atoms with Crippen LogP contribution in [0.25, 0.3) is 0 Å². The van der Waals surface area contributed by atoms with Gasteiger partial charge in [-0.15, -0.1) is 0 Å². The van der Waals surface area contributed by atoms with Gasteiger partial charge in [0.2, 0.25) is 10.0 Å². The number of sulfonamides is 1. The van der Waals surface area contributed by atoms with Gasteiger partial charge >= 0.3 is 0 Å². The lowest BCUT2D eigenvalue weighted by atomic mass is 9.77. The predicted octanol–water partition coefficient (Wildman–Crippen LogP) is 0.813. The van der Waals surface area contributed by atoms with Gasteiger partial charge in [-0.05, 0) is 44.5 Å². The summed E-state index contributed by atoms with van der Waals surface area (Å²) in [6.07, 6.45) is 5.11. The first-order valence-corrected chi connectivity index (χ1v) is 9.02. The molecule has 3 rings (SSSR count). The lowest BCUT2D eigenvalue weighted by Crippen LogP contribution is -2.72. The number of hydrogen-bond acceptors (Lipinski definition) is 5. The number of piperidine rings is 1. The Hall–Kier alpha value is -1.02. The Kier molecular flexibility index (Phi) is 4.24. The fraction of sp³-hybridized carbons (Fsp3) is 0.667. The Labute approximate surface area is 132 Å². The second-order valence-corrected chi connectivity index (χ2v) is 8.36. The molecule has 2 fully saturated rings. The van der Waals surface area contributed by atoms with E-state index >= 15 is 0 Å². The van der Waals surface area contributed by atoms with E-state index in [-0.39, 0.29) is 10.4 Å². The van der Waals surface area contributed by atoms with Gasteiger partial charge in [-0.2, -0.15) is 4.31 Å². The summed E-state index contributed by atoms with van der Waals surface area (Å²) in [7, 11) is 0.404. The number of ether oxygens (including phenoxy) is 1. The van der Waals surface area contributed by atoms with Gasteiger partial charge in [-0.3, -0.25) is 9.88 Å². The number of aromatic nitrogens is 1. The number of methoxy groups -OCH3 is 1. The van der Waals surface area contributed by atoms with Crippen LogP contribution in [-0.4, -0.2) is 68.5 Å². The standard InChI is InChI=1S/C15H23N3O3S/c1-17-7-5-13(10-21-2)8-15(17)11-18(12-15)22(19,20)14-4-3-6-16-9-14/h3-4,6,9,13H,5,7-8,10-12H2,1-2H3/t13-/m0/s1. The SMILES string of the molecule is COC[C@H]1CCN(C)C2(C1)CN(S(=O)(=O)c1cccnc1)C2. The molecule has 0 aromatic carbocycles. The van der Waals surface area contributed by atoms with E-state index in [1.807, 2.05) is 0 Å². The van der Waals surface area contributed by atoms with Crippen LogP contribution in [0, 0.1) is 5.92 Å². The molecular weight excluding hydrogens is 302 g/mol. The van der Waals surface area contributed by atoms with Gasteiger partial charge in [-0.1, -0.05) is 0 Å². The molecule has 2 aliphatic heterocycles. The highest BCUT2D eigenvalue weighted by molar-refractivity contribution is 7.89. The summed E-state index contributed by atoms with van der Waals surface area (Å²) in [5.74, 6) is 0.518. The minimum absolute atomic E-state index is 0.0310. The van der Waals surface area contributed by atoms with Crippen LogP contribution in [-0.2, 0) is 14.8 Å². The molecule has 122 valence electrons. The van der Waals surface area contributed by atoms with E-state index in [2.05, 4.69) is 16.9 Å². The molecule has 0 N–H and O–H groups in total. The maximum atomic E-state index is 12.6. The summed E-state index contributed by atoms with van der Waals surface area (Å²) in [4.78, 5) is 6.50. The largest absolute Gasteiger partial charge is 0.384 e. The summed E-state index contributed by atoms with van der Waals surface area (Å²) in [5, 5.41) is 0. The number of pyridine rings is 1. The van der Waals surface area contributed by atoms with E-state index in [9.17, 15) is 8.42 Å². The molecule has 1 spiro atoms. The van der Waals surface area contributed by atoms with Crippen molar-refractivity contribution in [3.8, 4) is 0 Å². The van der Waals surface area contributed by atoms with Crippen LogP contribution in [0.2, 0.25) is 0 Å². The molecule has 0 saturated carbocycles. The van der Waals surface area contributed by atoms with Crippen LogP contribution >= 0.6 is 0 Å². The summed E-state index contributed by atoms with van der Waals surface area (Å²) in [5.41, 5.74) is -0.0310. The average molecular weight is 325 g/mol. The Morgan fingerprint density at radius 2 is 2.23 bits per heavy atom. The second kappa shape index (κ2) is 5.88. The normalized spacial score (nSPS) is 26.0. The summed E-state index contributed by atoms with van der Waals surface area (Å²) in [6.45, 7) is 2.86. The molecule has 3 heterocycles. The van der Waals surface area contributed by atoms with Gasteiger partial charge in [0.15, 0.2) is 0 Å². The molecule has 0 amide bonds. The number of hydrogen-bond donors (Lipinski definition) is 0. The van der Waals surface area contributed by atoms with Crippen molar-refractivity contribution >= 4 is 10.0 Å². The molecule has 2 aliphatic rings. The lowest BCUT2D eigenvalue weighted by Gasteiger charge is -2.57. The highest BCUT2D eigenvalue weighted by Gasteiger charge is 2.53. The Morgan fingerprint density at radius 1 is 1.45 bits per heavy atom. The van der Waals surface area contributed by atoms with Crippen molar-refractivity contribution < 1.29 is 13.2 Å². The fourth-order valence-corrected chi connectivity index (χ4v) is 5.15. The molecule has 1 aromatic rings. The topological polar surface area (TPSA) is 62.7 Å². The predicted molar refractivity (Wildman–Crippen MR) is 83.0 cm³/mol. The third-order valence-electron chi connectivity index (χ3n) is 4.97. The lowest BCUT2D eigenvalue weighted by molar-refractivity contribution is -0.0547. The van der Waals surface area contributed by atoms with Crippen molar-refractivity contribution in [2.45, 2.75) is 23.3 Å². The number of nitrogens with zero attached hydrogens (tertiary/aromatic N) is 3. The van der Waals surface area contributed by atoms with E-state index in [1.165, 1.54) is 6.20 Å². The van der Waals surface area contributed by atoms with Gasteiger partial charge in [0.1, 0.15) is 4.90 Å². The minimum atomic E-state index is -3.42. The molecule has 1 aromatic heterocycles. The van der Waals surface area contributed by atoms with Gasteiger partial charge in [0.05, 0.1) is 0 Å². The molecule has 7 heteroatoms. The third-order valence-corrected chi connectivity index (χ3v) is 6.74. The smallest absolute Gasteiger partial charge is 0.244 e. The zero-order chi connectivity index (χ0) is 15.8. The van der Waals surface area contributed by atoms with Gasteiger partial charge in [0, 0.05) is 44.7 Å². The van der Waals surface area contributed by atoms with Crippen molar-refractivity contribution in [2.75, 3.05) is 40.4 Å². The van der Waals surface area contributed by atoms with Crippen LogP contribution < -0.4 is 0 Å². The number of rotatable bonds is 4. The van der Waals surface area contributed by atoms with Crippen molar-refractivity contribution in [1.29, 1.82) is 0 Å². The van der Waals surface area contributed by atoms with E-state index in [4.69, 9.17) is 4.74 Å². The van der Waals surface area contributed by atoms with Gasteiger partial charge in [-0.25, -0.2) is 8.42 Å². The first-order valence-electron chi connectivity index (χ1n) is 7.58. The van der Waals surface area contributed by atoms with Crippen LogP contribution in [0.5, 0.6) is 0 Å². The fourth-order valence-electron chi connectivity index (χ4n) is 3.59. The Balaban J connectivity index is 1.72. The van der Waals surface area contributed by atoms with Crippen molar-refractivity contribution in [3.05, 3.63) is 24.5 Å². The molecule has 1 atom stereocenters. The van der Waals surface area contributed by atoms with E-state index < -0.39 is 10.0 Å². The summed E-state index contributed by atoms with van der Waals surface area (Å²) < 4.78 is 32.0. The van der Waals surface area contributed by atoms with Crippen molar-refractivity contribution in [2.24, 2.45) is 5.92 Å². The zero-order valence-corrected chi connectivity index (χ0v) is 13.9. The summed E-state index contributed by atoms with van der Waals surface area (Å²) >= 11 is 0. The highest BCUT2D eigenvalue weighted by atomic mass is 32.2. The molecule has 2 saturated heterocycles. The van der Waals surface area contributed by atoms with Gasteiger partial charge < -0.3 is 4.74 Å². The molecule has 0 bridgehead atoms.